The molecule has 0 saturated heterocycles. The predicted octanol–water partition coefficient (Wildman–Crippen LogP) is 5.88. The Morgan fingerprint density at radius 3 is 2.28 bits per heavy atom. The Morgan fingerprint density at radius 2 is 1.72 bits per heavy atom. The minimum atomic E-state index is -0.912. The lowest BCUT2D eigenvalue weighted by molar-refractivity contribution is -0.120. The molecule has 1 fully saturated rings. The van der Waals surface area contributed by atoms with Gasteiger partial charge in [0.1, 0.15) is 23.3 Å². The molecule has 206 valence electrons. The van der Waals surface area contributed by atoms with Crippen LogP contribution in [0.2, 0.25) is 0 Å². The van der Waals surface area contributed by atoms with Crippen LogP contribution in [-0.2, 0) is 22.5 Å². The van der Waals surface area contributed by atoms with Gasteiger partial charge in [-0.15, -0.1) is 0 Å². The lowest BCUT2D eigenvalue weighted by Gasteiger charge is -2.29. The lowest BCUT2D eigenvalue weighted by atomic mass is 10.0. The van der Waals surface area contributed by atoms with Gasteiger partial charge in [-0.2, -0.15) is 0 Å². The minimum absolute atomic E-state index is 0.203. The van der Waals surface area contributed by atoms with E-state index in [4.69, 9.17) is 4.74 Å². The fourth-order valence-electron chi connectivity index (χ4n) is 4.46. The lowest BCUT2D eigenvalue weighted by Crippen LogP contribution is -2.50. The van der Waals surface area contributed by atoms with E-state index in [1.807, 2.05) is 42.5 Å². The summed E-state index contributed by atoms with van der Waals surface area (Å²) in [6.45, 7) is 8.51. The number of benzene rings is 2. The van der Waals surface area contributed by atoms with E-state index in [2.05, 4.69) is 22.1 Å². The number of anilines is 2. The largest absolute Gasteiger partial charge is 0.444 e. The van der Waals surface area contributed by atoms with Gasteiger partial charge in [-0.25, -0.2) is 14.2 Å². The number of rotatable bonds is 10. The van der Waals surface area contributed by atoms with Crippen LogP contribution in [0.25, 0.3) is 0 Å². The summed E-state index contributed by atoms with van der Waals surface area (Å²) in [7, 11) is 0. The van der Waals surface area contributed by atoms with Crippen LogP contribution >= 0.6 is 0 Å². The van der Waals surface area contributed by atoms with Crippen molar-refractivity contribution < 1.29 is 18.7 Å². The van der Waals surface area contributed by atoms with Crippen molar-refractivity contribution in [2.75, 3.05) is 16.3 Å². The second kappa shape index (κ2) is 12.3. The molecule has 1 aliphatic carbocycles. The van der Waals surface area contributed by atoms with E-state index in [0.29, 0.717) is 11.7 Å². The second-order valence-corrected chi connectivity index (χ2v) is 10.8. The molecule has 1 aliphatic rings. The molecule has 0 spiro atoms. The van der Waals surface area contributed by atoms with Gasteiger partial charge in [0.05, 0.1) is 6.54 Å². The highest BCUT2D eigenvalue weighted by atomic mass is 19.1. The maximum atomic E-state index is 14.1. The number of nitrogens with zero attached hydrogens (tertiary/aromatic N) is 3. The number of amides is 2. The van der Waals surface area contributed by atoms with Crippen LogP contribution in [0.3, 0.4) is 0 Å². The first-order valence-electron chi connectivity index (χ1n) is 13.4. The van der Waals surface area contributed by atoms with E-state index in [9.17, 15) is 14.0 Å². The van der Waals surface area contributed by atoms with Gasteiger partial charge in [-0.3, -0.25) is 4.79 Å². The van der Waals surface area contributed by atoms with Crippen molar-refractivity contribution in [3.05, 3.63) is 89.9 Å². The average molecular weight is 533 g/mol. The van der Waals surface area contributed by atoms with Gasteiger partial charge in [-0.1, -0.05) is 36.4 Å². The van der Waals surface area contributed by atoms with Crippen LogP contribution in [-0.4, -0.2) is 41.2 Å². The number of hydrogen-bond donors (Lipinski definition) is 1. The Morgan fingerprint density at radius 1 is 1.03 bits per heavy atom. The van der Waals surface area contributed by atoms with Crippen molar-refractivity contribution in [1.29, 1.82) is 0 Å². The van der Waals surface area contributed by atoms with E-state index in [1.165, 1.54) is 25.0 Å². The normalized spacial score (nSPS) is 13.9. The molecular formula is C31H37FN4O3. The molecule has 2 aromatic carbocycles. The molecule has 0 aliphatic heterocycles. The molecule has 7 nitrogen and oxygen atoms in total. The summed E-state index contributed by atoms with van der Waals surface area (Å²) in [5, 5.41) is 2.77. The molecule has 1 N–H and O–H groups in total. The Balaban J connectivity index is 1.62. The van der Waals surface area contributed by atoms with E-state index in [1.54, 1.807) is 44.0 Å². The van der Waals surface area contributed by atoms with Crippen molar-refractivity contribution in [2.24, 2.45) is 0 Å². The summed E-state index contributed by atoms with van der Waals surface area (Å²) in [5.74, 6) is 0.176. The molecule has 1 saturated carbocycles. The SMILES string of the molecule is CCN(c1ccc(CN(C(=O)C(Cc2ccccc2)NC(=O)OC(C)(C)C)c2ccc(F)cc2)cn1)C1CC1. The zero-order valence-corrected chi connectivity index (χ0v) is 23.1. The van der Waals surface area contributed by atoms with E-state index in [-0.39, 0.29) is 18.9 Å². The first kappa shape index (κ1) is 28.1. The Kier molecular flexibility index (Phi) is 8.84. The number of alkyl carbamates (subject to hydrolysis) is 1. The van der Waals surface area contributed by atoms with Gasteiger partial charge in [0, 0.05) is 30.9 Å². The van der Waals surface area contributed by atoms with Crippen LogP contribution in [0.1, 0.15) is 51.7 Å². The summed E-state index contributed by atoms with van der Waals surface area (Å²) in [5.41, 5.74) is 1.50. The van der Waals surface area contributed by atoms with Crippen molar-refractivity contribution in [3.8, 4) is 0 Å². The fraction of sp³-hybridized carbons (Fsp3) is 0.387. The predicted molar refractivity (Wildman–Crippen MR) is 151 cm³/mol. The number of carbonyl (C=O) groups excluding carboxylic acids is 2. The van der Waals surface area contributed by atoms with Gasteiger partial charge in [-0.05, 0) is 82.0 Å². The van der Waals surface area contributed by atoms with Crippen LogP contribution in [0.15, 0.2) is 72.9 Å². The molecule has 1 aromatic heterocycles. The number of carbonyl (C=O) groups is 2. The number of aromatic nitrogens is 1. The highest BCUT2D eigenvalue weighted by Crippen LogP contribution is 2.30. The molecule has 39 heavy (non-hydrogen) atoms. The van der Waals surface area contributed by atoms with Gasteiger partial charge < -0.3 is 19.9 Å². The van der Waals surface area contributed by atoms with E-state index >= 15 is 0 Å². The van der Waals surface area contributed by atoms with Crippen molar-refractivity contribution >= 4 is 23.5 Å². The zero-order chi connectivity index (χ0) is 28.0. The number of pyridine rings is 1. The van der Waals surface area contributed by atoms with Crippen LogP contribution in [0.5, 0.6) is 0 Å². The van der Waals surface area contributed by atoms with E-state index in [0.717, 1.165) is 23.5 Å². The standard InChI is InChI=1S/C31H37FN4O3/c1-5-35(25-16-17-25)28-18-11-23(20-33-28)21-36(26-14-12-24(32)13-15-26)29(37)27(19-22-9-7-6-8-10-22)34-30(38)39-31(2,3)4/h6-15,18,20,25,27H,5,16-17,19,21H2,1-4H3,(H,34,38). The maximum absolute atomic E-state index is 14.1. The molecule has 2 amide bonds. The van der Waals surface area contributed by atoms with Crippen molar-refractivity contribution in [1.82, 2.24) is 10.3 Å². The van der Waals surface area contributed by atoms with E-state index < -0.39 is 23.6 Å². The van der Waals surface area contributed by atoms with Gasteiger partial charge >= 0.3 is 6.09 Å². The molecular weight excluding hydrogens is 495 g/mol. The first-order chi connectivity index (χ1) is 18.6. The third kappa shape index (κ3) is 8.02. The molecule has 1 heterocycles. The zero-order valence-electron chi connectivity index (χ0n) is 23.1. The first-order valence-corrected chi connectivity index (χ1v) is 13.4. The smallest absolute Gasteiger partial charge is 0.408 e. The molecule has 1 unspecified atom stereocenters. The second-order valence-electron chi connectivity index (χ2n) is 10.8. The third-order valence-corrected chi connectivity index (χ3v) is 6.45. The summed E-state index contributed by atoms with van der Waals surface area (Å²) in [6.07, 6.45) is 3.72. The molecule has 3 aromatic rings. The molecule has 8 heteroatoms. The maximum Gasteiger partial charge on any atom is 0.408 e. The Hall–Kier alpha value is -3.94. The Labute approximate surface area is 230 Å². The van der Waals surface area contributed by atoms with Crippen molar-refractivity contribution in [3.63, 3.8) is 0 Å². The van der Waals surface area contributed by atoms with Gasteiger partial charge in [0.2, 0.25) is 5.91 Å². The molecule has 0 radical (unpaired) electrons. The highest BCUT2D eigenvalue weighted by molar-refractivity contribution is 5.98. The molecule has 1 atom stereocenters. The van der Waals surface area contributed by atoms with Crippen molar-refractivity contribution in [2.45, 2.75) is 71.2 Å². The summed E-state index contributed by atoms with van der Waals surface area (Å²) in [6, 6.07) is 18.8. The summed E-state index contributed by atoms with van der Waals surface area (Å²) < 4.78 is 19.2. The van der Waals surface area contributed by atoms with Crippen LogP contribution in [0.4, 0.5) is 20.7 Å². The topological polar surface area (TPSA) is 74.8 Å². The molecule has 4 rings (SSSR count). The third-order valence-electron chi connectivity index (χ3n) is 6.45. The Bertz CT molecular complexity index is 1240. The monoisotopic (exact) mass is 532 g/mol. The average Bonchev–Trinajstić information content (AvgIpc) is 3.73. The molecule has 0 bridgehead atoms. The van der Waals surface area contributed by atoms with Crippen LogP contribution in [0, 0.1) is 5.82 Å². The summed E-state index contributed by atoms with van der Waals surface area (Å²) >= 11 is 0. The number of halogens is 1. The van der Waals surface area contributed by atoms with Crippen LogP contribution < -0.4 is 15.1 Å². The van der Waals surface area contributed by atoms with Gasteiger partial charge in [0.25, 0.3) is 0 Å². The number of nitrogens with one attached hydrogen (secondary N) is 1. The minimum Gasteiger partial charge on any atom is -0.444 e. The number of ether oxygens (including phenoxy) is 1. The highest BCUT2D eigenvalue weighted by Gasteiger charge is 2.31. The fourth-order valence-corrected chi connectivity index (χ4v) is 4.46. The van der Waals surface area contributed by atoms with Gasteiger partial charge in [0.15, 0.2) is 0 Å². The number of hydrogen-bond acceptors (Lipinski definition) is 5. The summed E-state index contributed by atoms with van der Waals surface area (Å²) in [4.78, 5) is 35.3. The quantitative estimate of drug-likeness (QED) is 0.353.